The van der Waals surface area contributed by atoms with Gasteiger partial charge in [0.1, 0.15) is 29.4 Å². The van der Waals surface area contributed by atoms with E-state index in [2.05, 4.69) is 30.8 Å². The molecule has 4 atom stereocenters. The number of amides is 2. The van der Waals surface area contributed by atoms with Gasteiger partial charge in [-0.3, -0.25) is 19.4 Å². The summed E-state index contributed by atoms with van der Waals surface area (Å²) in [7, 11) is 1.43. The van der Waals surface area contributed by atoms with Gasteiger partial charge < -0.3 is 39.6 Å². The number of likely N-dealkylation sites (tertiary alicyclic amines) is 1. The van der Waals surface area contributed by atoms with Crippen molar-refractivity contribution in [3.05, 3.63) is 0 Å². The third kappa shape index (κ3) is 39.2. The number of hydrogen-bond acceptors (Lipinski definition) is 12. The molecule has 2 amide bonds. The first-order valence-electron chi connectivity index (χ1n) is 25.6. The molecule has 4 unspecified atom stereocenters. The highest BCUT2D eigenvalue weighted by Gasteiger charge is 2.36. The zero-order valence-electron chi connectivity index (χ0n) is 43.9. The Balaban J connectivity index is -0.000000926. The van der Waals surface area contributed by atoms with Gasteiger partial charge in [-0.05, 0) is 113 Å². The molecular formula is C52H101N3O13. The van der Waals surface area contributed by atoms with Gasteiger partial charge >= 0.3 is 30.1 Å². The number of carboxylic acid groups (broad SMARTS) is 2. The second kappa shape index (κ2) is 41.2. The van der Waals surface area contributed by atoms with E-state index in [-0.39, 0.29) is 25.6 Å². The van der Waals surface area contributed by atoms with Gasteiger partial charge in [0.25, 0.3) is 6.47 Å². The summed E-state index contributed by atoms with van der Waals surface area (Å²) >= 11 is 0. The number of aliphatic carboxylic acids is 2. The lowest BCUT2D eigenvalue weighted by Gasteiger charge is -2.27. The second-order valence-corrected chi connectivity index (χ2v) is 19.9. The van der Waals surface area contributed by atoms with Crippen LogP contribution in [-0.4, -0.2) is 130 Å². The van der Waals surface area contributed by atoms with Crippen LogP contribution in [-0.2, 0) is 38.1 Å². The fraction of sp³-hybridized carbons (Fsp3) is 0.885. The Morgan fingerprint density at radius 2 is 1.26 bits per heavy atom. The predicted molar refractivity (Wildman–Crippen MR) is 270 cm³/mol. The Morgan fingerprint density at radius 3 is 1.68 bits per heavy atom. The molecule has 2 heterocycles. The first-order chi connectivity index (χ1) is 31.5. The Hall–Kier alpha value is -3.66. The number of unbranched alkanes of at least 4 members (excludes halogenated alkanes) is 14. The van der Waals surface area contributed by atoms with Gasteiger partial charge in [0.2, 0.25) is 0 Å². The van der Waals surface area contributed by atoms with E-state index in [0.29, 0.717) is 44.9 Å². The Bertz CT molecular complexity index is 1280. The third-order valence-corrected chi connectivity index (χ3v) is 11.1. The summed E-state index contributed by atoms with van der Waals surface area (Å²) in [5.74, 6) is -1.99. The third-order valence-electron chi connectivity index (χ3n) is 11.1. The molecule has 2 saturated heterocycles. The Labute approximate surface area is 412 Å². The first kappa shape index (κ1) is 68.6. The van der Waals surface area contributed by atoms with E-state index in [0.717, 1.165) is 69.2 Å². The quantitative estimate of drug-likeness (QED) is 0.0248. The zero-order valence-corrected chi connectivity index (χ0v) is 43.9. The highest BCUT2D eigenvalue weighted by molar-refractivity contribution is 5.81. The summed E-state index contributed by atoms with van der Waals surface area (Å²) in [5.41, 5.74) is -1.19. The van der Waals surface area contributed by atoms with Crippen LogP contribution in [0.3, 0.4) is 0 Å². The van der Waals surface area contributed by atoms with Crippen molar-refractivity contribution in [3.63, 3.8) is 0 Å². The van der Waals surface area contributed by atoms with Crippen LogP contribution in [0.1, 0.15) is 231 Å². The summed E-state index contributed by atoms with van der Waals surface area (Å²) in [6, 6.07) is -1.03. The Kier molecular flexibility index (Phi) is 41.5. The molecule has 2 fully saturated rings. The molecule has 16 nitrogen and oxygen atoms in total. The fourth-order valence-corrected chi connectivity index (χ4v) is 7.39. The van der Waals surface area contributed by atoms with E-state index in [4.69, 9.17) is 29.5 Å². The van der Waals surface area contributed by atoms with E-state index in [1.54, 1.807) is 48.5 Å². The molecule has 0 bridgehead atoms. The molecule has 68 heavy (non-hydrogen) atoms. The number of carbonyl (C=O) groups is 6. The molecule has 0 aromatic carbocycles. The van der Waals surface area contributed by atoms with Gasteiger partial charge in [-0.1, -0.05) is 112 Å². The standard InChI is InChI=1S/C26H50O4.C10H17NO4.C10H19NO4.C5H11NO.CH4/c1-3-5-7-9-12-16-20-25(21-17-13-10-8-6-4-2)30-26(28)22-18-14-11-15-19-23-29-24-27;1-10(2,3)15-9(14)11-6-4-5-7(11)8(12)13;1-6-7(8(12)13)11(5)9(14)15-10(2,3)4;1-4-2-5(7)3-6-4;/h24-25H,3-23H2,1-2H3;7H,4-6H2,1-3H3,(H,12,13);7H,6H2,1-5H3,(H,12,13);4-7H,2-3H2,1H3;1H4. The van der Waals surface area contributed by atoms with Crippen molar-refractivity contribution >= 4 is 36.6 Å². The smallest absolute Gasteiger partial charge is 0.411 e. The second-order valence-electron chi connectivity index (χ2n) is 19.9. The molecule has 2 aliphatic heterocycles. The van der Waals surface area contributed by atoms with Crippen molar-refractivity contribution < 1.29 is 63.0 Å². The molecule has 2 aliphatic rings. The number of likely N-dealkylation sites (N-methyl/N-ethyl adjacent to an activating group) is 1. The highest BCUT2D eigenvalue weighted by atomic mass is 16.6. The van der Waals surface area contributed by atoms with Crippen LogP contribution in [0.15, 0.2) is 0 Å². The topological polar surface area (TPSA) is 219 Å². The first-order valence-corrected chi connectivity index (χ1v) is 25.6. The molecule has 16 heteroatoms. The van der Waals surface area contributed by atoms with Gasteiger partial charge in [-0.15, -0.1) is 0 Å². The summed E-state index contributed by atoms with van der Waals surface area (Å²) in [6.07, 6.45) is 24.3. The highest BCUT2D eigenvalue weighted by Crippen LogP contribution is 2.21. The Morgan fingerprint density at radius 1 is 0.765 bits per heavy atom. The largest absolute Gasteiger partial charge is 0.480 e. The van der Waals surface area contributed by atoms with E-state index in [9.17, 15) is 28.8 Å². The number of hydrogen-bond donors (Lipinski definition) is 4. The van der Waals surface area contributed by atoms with Crippen molar-refractivity contribution in [3.8, 4) is 0 Å². The average molecular weight is 976 g/mol. The minimum atomic E-state index is -1.02. The van der Waals surface area contributed by atoms with Crippen molar-refractivity contribution in [2.24, 2.45) is 0 Å². The van der Waals surface area contributed by atoms with E-state index in [1.165, 1.54) is 89.0 Å². The minimum absolute atomic E-state index is 0. The normalized spacial score (nSPS) is 16.8. The number of esters is 1. The van der Waals surface area contributed by atoms with E-state index in [1.807, 2.05) is 0 Å². The summed E-state index contributed by atoms with van der Waals surface area (Å²) < 4.78 is 20.7. The number of aliphatic hydroxyl groups is 1. The molecule has 0 aliphatic carbocycles. The van der Waals surface area contributed by atoms with Crippen LogP contribution < -0.4 is 5.32 Å². The number of β-amino-alcohol motifs (C(OH)–C–C–N with tert-alkyl or cyclic N) is 1. The van der Waals surface area contributed by atoms with Gasteiger partial charge in [-0.2, -0.15) is 0 Å². The summed E-state index contributed by atoms with van der Waals surface area (Å²) in [4.78, 5) is 69.5. The molecule has 402 valence electrons. The molecule has 0 aromatic rings. The molecule has 0 saturated carbocycles. The van der Waals surface area contributed by atoms with E-state index < -0.39 is 47.4 Å². The van der Waals surface area contributed by atoms with Crippen LogP contribution in [0.2, 0.25) is 0 Å². The van der Waals surface area contributed by atoms with Gasteiger partial charge in [0, 0.05) is 32.6 Å². The molecule has 4 N–H and O–H groups in total. The fourth-order valence-electron chi connectivity index (χ4n) is 7.39. The lowest BCUT2D eigenvalue weighted by atomic mass is 10.0. The van der Waals surface area contributed by atoms with Crippen molar-refractivity contribution in [2.75, 3.05) is 26.7 Å². The summed E-state index contributed by atoms with van der Waals surface area (Å²) in [6.45, 7) is 21.0. The van der Waals surface area contributed by atoms with Gasteiger partial charge in [-0.25, -0.2) is 19.2 Å². The number of aliphatic hydroxyl groups excluding tert-OH is 1. The lowest BCUT2D eigenvalue weighted by molar-refractivity contribution is -0.150. The molecule has 0 aromatic heterocycles. The number of ether oxygens (including phenoxy) is 4. The summed E-state index contributed by atoms with van der Waals surface area (Å²) in [5, 5.41) is 29.7. The monoisotopic (exact) mass is 976 g/mol. The van der Waals surface area contributed by atoms with Crippen LogP contribution in [0, 0.1) is 0 Å². The number of carbonyl (C=O) groups excluding carboxylic acids is 4. The van der Waals surface area contributed by atoms with Crippen LogP contribution in [0.5, 0.6) is 0 Å². The lowest BCUT2D eigenvalue weighted by Crippen LogP contribution is -2.44. The van der Waals surface area contributed by atoms with Crippen LogP contribution in [0.4, 0.5) is 9.59 Å². The van der Waals surface area contributed by atoms with Crippen LogP contribution >= 0.6 is 0 Å². The van der Waals surface area contributed by atoms with E-state index >= 15 is 0 Å². The maximum atomic E-state index is 12.3. The molecule has 0 spiro atoms. The van der Waals surface area contributed by atoms with Crippen LogP contribution in [0.25, 0.3) is 0 Å². The molecule has 2 rings (SSSR count). The number of nitrogens with one attached hydrogen (secondary N) is 1. The zero-order chi connectivity index (χ0) is 51.3. The number of carboxylic acids is 2. The van der Waals surface area contributed by atoms with Crippen molar-refractivity contribution in [1.29, 1.82) is 0 Å². The molecule has 0 radical (unpaired) electrons. The minimum Gasteiger partial charge on any atom is -0.480 e. The predicted octanol–water partition coefficient (Wildman–Crippen LogP) is 11.5. The van der Waals surface area contributed by atoms with Gasteiger partial charge in [0.05, 0.1) is 12.7 Å². The number of rotatable bonds is 28. The molecular weight excluding hydrogens is 875 g/mol. The average Bonchev–Trinajstić information content (AvgIpc) is 3.89. The maximum Gasteiger partial charge on any atom is 0.411 e. The SMILES string of the molecule is C.CC(C)(C)OC(=O)N1CCCC1C(=O)O.CC1CC(O)CN1.CCC(C(=O)O)N(C)C(=O)OC(C)(C)C.CCCCCCCCC(CCCCCCCC)OC(=O)CCCCCCCOC=O. The maximum absolute atomic E-state index is 12.3. The number of nitrogens with zero attached hydrogens (tertiary/aromatic N) is 2. The van der Waals surface area contributed by atoms with Gasteiger partial charge in [0.15, 0.2) is 0 Å². The van der Waals surface area contributed by atoms with Crippen molar-refractivity contribution in [1.82, 2.24) is 15.1 Å². The van der Waals surface area contributed by atoms with Crippen molar-refractivity contribution in [2.45, 2.75) is 272 Å².